The minimum atomic E-state index is 0.791. The van der Waals surface area contributed by atoms with Crippen molar-refractivity contribution in [1.29, 1.82) is 0 Å². The molecule has 0 bridgehead atoms. The van der Waals surface area contributed by atoms with Gasteiger partial charge in [-0.1, -0.05) is 24.3 Å². The second-order valence-electron chi connectivity index (χ2n) is 4.57. The Morgan fingerprint density at radius 1 is 1.24 bits per heavy atom. The van der Waals surface area contributed by atoms with E-state index in [0.717, 1.165) is 38.3 Å². The zero-order valence-electron chi connectivity index (χ0n) is 10.5. The van der Waals surface area contributed by atoms with Crippen molar-refractivity contribution in [3.8, 4) is 0 Å². The summed E-state index contributed by atoms with van der Waals surface area (Å²) in [5, 5.41) is 0. The molecular formula is C14H21N3. The molecule has 2 rings (SSSR count). The molecule has 2 N–H and O–H groups in total. The Bertz CT molecular complexity index is 381. The van der Waals surface area contributed by atoms with Crippen molar-refractivity contribution in [3.05, 3.63) is 35.4 Å². The summed E-state index contributed by atoms with van der Waals surface area (Å²) in [6, 6.07) is 8.78. The van der Waals surface area contributed by atoms with E-state index in [4.69, 9.17) is 5.73 Å². The molecule has 0 unspecified atom stereocenters. The predicted octanol–water partition coefficient (Wildman–Crippen LogP) is 1.66. The van der Waals surface area contributed by atoms with Gasteiger partial charge in [-0.25, -0.2) is 0 Å². The molecule has 1 aliphatic rings. The number of rotatable bonds is 5. The Labute approximate surface area is 103 Å². The van der Waals surface area contributed by atoms with Crippen LogP contribution in [0.1, 0.15) is 24.0 Å². The molecule has 0 fully saturated rings. The fourth-order valence-electron chi connectivity index (χ4n) is 2.14. The molecule has 0 amide bonds. The van der Waals surface area contributed by atoms with Crippen LogP contribution in [-0.4, -0.2) is 37.4 Å². The van der Waals surface area contributed by atoms with E-state index in [1.165, 1.54) is 17.5 Å². The lowest BCUT2D eigenvalue weighted by Crippen LogP contribution is -2.23. The zero-order chi connectivity index (χ0) is 12.1. The number of nitrogens with zero attached hydrogens (tertiary/aromatic N) is 2. The van der Waals surface area contributed by atoms with Gasteiger partial charge < -0.3 is 10.6 Å². The minimum absolute atomic E-state index is 0.791. The molecule has 3 heteroatoms. The number of hydrogen-bond donors (Lipinski definition) is 1. The number of nitrogens with two attached hydrogens (primary N) is 1. The van der Waals surface area contributed by atoms with Crippen LogP contribution in [0.5, 0.6) is 0 Å². The van der Waals surface area contributed by atoms with Crippen molar-refractivity contribution in [1.82, 2.24) is 4.90 Å². The van der Waals surface area contributed by atoms with Crippen LogP contribution in [0, 0.1) is 0 Å². The third-order valence-electron chi connectivity index (χ3n) is 3.19. The number of unbranched alkanes of at least 4 members (excludes halogenated alkanes) is 1. The Hall–Kier alpha value is -1.35. The van der Waals surface area contributed by atoms with E-state index in [1.807, 2.05) is 0 Å². The number of aryl methyl sites for hydroxylation is 1. The predicted molar refractivity (Wildman–Crippen MR) is 72.5 cm³/mol. The van der Waals surface area contributed by atoms with Crippen molar-refractivity contribution in [2.75, 3.05) is 26.7 Å². The Morgan fingerprint density at radius 3 is 2.59 bits per heavy atom. The second kappa shape index (κ2) is 5.82. The SMILES string of the molecule is CN1CCN=C1c1ccc(CCCCN)cc1. The van der Waals surface area contributed by atoms with Crippen molar-refractivity contribution in [3.63, 3.8) is 0 Å². The Morgan fingerprint density at radius 2 is 2.00 bits per heavy atom. The maximum atomic E-state index is 5.49. The average molecular weight is 231 g/mol. The fraction of sp³-hybridized carbons (Fsp3) is 0.500. The smallest absolute Gasteiger partial charge is 0.130 e. The van der Waals surface area contributed by atoms with Crippen LogP contribution in [-0.2, 0) is 6.42 Å². The van der Waals surface area contributed by atoms with Gasteiger partial charge in [0.15, 0.2) is 0 Å². The van der Waals surface area contributed by atoms with E-state index < -0.39 is 0 Å². The van der Waals surface area contributed by atoms with Crippen LogP contribution < -0.4 is 5.73 Å². The maximum Gasteiger partial charge on any atom is 0.130 e. The molecule has 1 aromatic rings. The number of likely N-dealkylation sites (N-methyl/N-ethyl adjacent to an activating group) is 1. The van der Waals surface area contributed by atoms with Gasteiger partial charge in [0.1, 0.15) is 5.84 Å². The van der Waals surface area contributed by atoms with Gasteiger partial charge in [-0.2, -0.15) is 0 Å². The van der Waals surface area contributed by atoms with Crippen LogP contribution in [0.15, 0.2) is 29.3 Å². The molecule has 0 spiro atoms. The highest BCUT2D eigenvalue weighted by molar-refractivity contribution is 5.99. The number of amidine groups is 1. The molecule has 92 valence electrons. The van der Waals surface area contributed by atoms with Gasteiger partial charge in [0, 0.05) is 19.2 Å². The standard InChI is InChI=1S/C14H21N3/c1-17-11-10-16-14(17)13-7-5-12(6-8-13)4-2-3-9-15/h5-8H,2-4,9-11,15H2,1H3. The number of benzene rings is 1. The number of aliphatic imine (C=N–C) groups is 1. The first kappa shape index (κ1) is 12.1. The van der Waals surface area contributed by atoms with Crippen molar-refractivity contribution >= 4 is 5.84 Å². The summed E-state index contributed by atoms with van der Waals surface area (Å²) in [4.78, 5) is 6.73. The summed E-state index contributed by atoms with van der Waals surface area (Å²) < 4.78 is 0. The quantitative estimate of drug-likeness (QED) is 0.783. The van der Waals surface area contributed by atoms with Gasteiger partial charge in [0.05, 0.1) is 6.54 Å². The Balaban J connectivity index is 1.98. The third-order valence-corrected chi connectivity index (χ3v) is 3.19. The summed E-state index contributed by atoms with van der Waals surface area (Å²) in [5.74, 6) is 1.12. The molecule has 1 aliphatic heterocycles. The average Bonchev–Trinajstić information content (AvgIpc) is 2.77. The van der Waals surface area contributed by atoms with E-state index in [-0.39, 0.29) is 0 Å². The van der Waals surface area contributed by atoms with E-state index in [2.05, 4.69) is 41.2 Å². The van der Waals surface area contributed by atoms with Crippen molar-refractivity contribution < 1.29 is 0 Å². The molecule has 0 atom stereocenters. The van der Waals surface area contributed by atoms with Gasteiger partial charge in [0.25, 0.3) is 0 Å². The molecule has 0 saturated heterocycles. The van der Waals surface area contributed by atoms with Gasteiger partial charge in [-0.3, -0.25) is 4.99 Å². The summed E-state index contributed by atoms with van der Waals surface area (Å²) in [5.41, 5.74) is 8.11. The molecule has 0 saturated carbocycles. The van der Waals surface area contributed by atoms with Gasteiger partial charge in [-0.05, 0) is 31.4 Å². The van der Waals surface area contributed by atoms with Crippen molar-refractivity contribution in [2.24, 2.45) is 10.7 Å². The number of hydrogen-bond acceptors (Lipinski definition) is 3. The van der Waals surface area contributed by atoms with Crippen molar-refractivity contribution in [2.45, 2.75) is 19.3 Å². The lowest BCUT2D eigenvalue weighted by molar-refractivity contribution is 0.557. The molecule has 1 heterocycles. The van der Waals surface area contributed by atoms with Crippen LogP contribution in [0.4, 0.5) is 0 Å². The molecule has 0 aliphatic carbocycles. The molecule has 3 nitrogen and oxygen atoms in total. The first-order valence-electron chi connectivity index (χ1n) is 6.36. The first-order chi connectivity index (χ1) is 8.31. The van der Waals surface area contributed by atoms with E-state index in [1.54, 1.807) is 0 Å². The van der Waals surface area contributed by atoms with Gasteiger partial charge in [-0.15, -0.1) is 0 Å². The molecular weight excluding hydrogens is 210 g/mol. The molecule has 17 heavy (non-hydrogen) atoms. The third kappa shape index (κ3) is 3.07. The highest BCUT2D eigenvalue weighted by Gasteiger charge is 2.13. The summed E-state index contributed by atoms with van der Waals surface area (Å²) >= 11 is 0. The lowest BCUT2D eigenvalue weighted by Gasteiger charge is -2.13. The maximum absolute atomic E-state index is 5.49. The monoisotopic (exact) mass is 231 g/mol. The van der Waals surface area contributed by atoms with E-state index in [9.17, 15) is 0 Å². The van der Waals surface area contributed by atoms with Crippen LogP contribution >= 0.6 is 0 Å². The van der Waals surface area contributed by atoms with Crippen LogP contribution in [0.3, 0.4) is 0 Å². The lowest BCUT2D eigenvalue weighted by atomic mass is 10.1. The second-order valence-corrected chi connectivity index (χ2v) is 4.57. The summed E-state index contributed by atoms with van der Waals surface area (Å²) in [6.07, 6.45) is 3.41. The fourth-order valence-corrected chi connectivity index (χ4v) is 2.14. The van der Waals surface area contributed by atoms with Crippen LogP contribution in [0.2, 0.25) is 0 Å². The molecule has 0 radical (unpaired) electrons. The highest BCUT2D eigenvalue weighted by Crippen LogP contribution is 2.12. The zero-order valence-corrected chi connectivity index (χ0v) is 10.5. The molecule has 0 aromatic heterocycles. The first-order valence-corrected chi connectivity index (χ1v) is 6.36. The largest absolute Gasteiger partial charge is 0.358 e. The van der Waals surface area contributed by atoms with Gasteiger partial charge >= 0.3 is 0 Å². The van der Waals surface area contributed by atoms with Gasteiger partial charge in [0.2, 0.25) is 0 Å². The summed E-state index contributed by atoms with van der Waals surface area (Å²) in [6.45, 7) is 2.75. The molecule has 1 aromatic carbocycles. The van der Waals surface area contributed by atoms with Crippen LogP contribution in [0.25, 0.3) is 0 Å². The highest BCUT2D eigenvalue weighted by atomic mass is 15.2. The Kier molecular flexibility index (Phi) is 4.15. The topological polar surface area (TPSA) is 41.6 Å². The van der Waals surface area contributed by atoms with E-state index in [0.29, 0.717) is 0 Å². The normalized spacial score (nSPS) is 15.2. The van der Waals surface area contributed by atoms with E-state index >= 15 is 0 Å². The minimum Gasteiger partial charge on any atom is -0.358 e. The summed E-state index contributed by atoms with van der Waals surface area (Å²) in [7, 11) is 2.10.